The van der Waals surface area contributed by atoms with E-state index in [0.29, 0.717) is 18.4 Å². The maximum atomic E-state index is 4.30. The predicted molar refractivity (Wildman–Crippen MR) is 93.0 cm³/mol. The lowest BCUT2D eigenvalue weighted by Gasteiger charge is -2.25. The smallest absolute Gasteiger partial charge is 0.0594 e. The van der Waals surface area contributed by atoms with E-state index < -0.39 is 0 Å². The summed E-state index contributed by atoms with van der Waals surface area (Å²) in [5.41, 5.74) is 3.15. The Hall–Kier alpha value is -1.77. The fourth-order valence-corrected chi connectivity index (χ4v) is 3.13. The highest BCUT2D eigenvalue weighted by Crippen LogP contribution is 2.48. The van der Waals surface area contributed by atoms with E-state index in [-0.39, 0.29) is 0 Å². The molecule has 1 aliphatic carbocycles. The van der Waals surface area contributed by atoms with Gasteiger partial charge in [0.05, 0.1) is 18.8 Å². The number of aromatic nitrogens is 1. The van der Waals surface area contributed by atoms with Crippen LogP contribution in [-0.2, 0) is 6.54 Å². The zero-order valence-electron chi connectivity index (χ0n) is 14.1. The number of nitrogens with one attached hydrogen (secondary N) is 2. The van der Waals surface area contributed by atoms with Gasteiger partial charge in [-0.25, -0.2) is 0 Å². The Bertz CT molecular complexity index is 507. The molecule has 1 fully saturated rings. The van der Waals surface area contributed by atoms with Crippen LogP contribution in [0.1, 0.15) is 32.9 Å². The first-order chi connectivity index (χ1) is 10.5. The standard InChI is InChI=1S/C19H29N3/c1-13(2)19(18-10-14(18)3)16(5)22-11-15(4)21-12-17-8-6-7-9-20-17/h6-9,13-14,18-19,21-22H,4-5,10-12H2,1-3H3. The summed E-state index contributed by atoms with van der Waals surface area (Å²) in [7, 11) is 0. The van der Waals surface area contributed by atoms with Crippen molar-refractivity contribution in [3.05, 3.63) is 54.6 Å². The topological polar surface area (TPSA) is 37.0 Å². The van der Waals surface area contributed by atoms with E-state index in [1.54, 1.807) is 0 Å². The molecule has 0 bridgehead atoms. The van der Waals surface area contributed by atoms with E-state index in [1.807, 2.05) is 24.4 Å². The third-order valence-corrected chi connectivity index (χ3v) is 4.53. The van der Waals surface area contributed by atoms with Crippen molar-refractivity contribution in [2.45, 2.75) is 33.7 Å². The molecule has 0 amide bonds. The highest BCUT2D eigenvalue weighted by molar-refractivity contribution is 5.11. The quantitative estimate of drug-likeness (QED) is 0.730. The molecule has 1 aliphatic rings. The van der Waals surface area contributed by atoms with Gasteiger partial charge in [-0.2, -0.15) is 0 Å². The van der Waals surface area contributed by atoms with Crippen LogP contribution in [0.25, 0.3) is 0 Å². The van der Waals surface area contributed by atoms with Crippen LogP contribution in [0.5, 0.6) is 0 Å². The van der Waals surface area contributed by atoms with Crippen molar-refractivity contribution in [2.75, 3.05) is 6.54 Å². The minimum Gasteiger partial charge on any atom is -0.383 e. The second-order valence-electron chi connectivity index (χ2n) is 6.80. The minimum absolute atomic E-state index is 0.568. The van der Waals surface area contributed by atoms with Crippen molar-refractivity contribution in [3.63, 3.8) is 0 Å². The third kappa shape index (κ3) is 4.62. The van der Waals surface area contributed by atoms with Gasteiger partial charge in [-0.3, -0.25) is 4.98 Å². The van der Waals surface area contributed by atoms with Crippen molar-refractivity contribution >= 4 is 0 Å². The van der Waals surface area contributed by atoms with Crippen LogP contribution < -0.4 is 10.6 Å². The van der Waals surface area contributed by atoms with E-state index in [4.69, 9.17) is 0 Å². The molecule has 22 heavy (non-hydrogen) atoms. The average Bonchev–Trinajstić information content (AvgIpc) is 3.20. The van der Waals surface area contributed by atoms with Crippen molar-refractivity contribution in [3.8, 4) is 0 Å². The van der Waals surface area contributed by atoms with Gasteiger partial charge in [0, 0.05) is 23.5 Å². The van der Waals surface area contributed by atoms with Gasteiger partial charge in [-0.15, -0.1) is 0 Å². The Labute approximate surface area is 134 Å². The molecule has 0 aliphatic heterocycles. The van der Waals surface area contributed by atoms with Crippen LogP contribution >= 0.6 is 0 Å². The fourth-order valence-electron chi connectivity index (χ4n) is 3.13. The Morgan fingerprint density at radius 3 is 2.59 bits per heavy atom. The molecule has 0 aromatic carbocycles. The molecule has 0 spiro atoms. The lowest BCUT2D eigenvalue weighted by atomic mass is 9.87. The number of hydrogen-bond donors (Lipinski definition) is 2. The first-order valence-electron chi connectivity index (χ1n) is 8.23. The van der Waals surface area contributed by atoms with Gasteiger partial charge in [0.2, 0.25) is 0 Å². The van der Waals surface area contributed by atoms with Gasteiger partial charge >= 0.3 is 0 Å². The highest BCUT2D eigenvalue weighted by atomic mass is 15.0. The lowest BCUT2D eigenvalue weighted by molar-refractivity contribution is 0.364. The van der Waals surface area contributed by atoms with Crippen LogP contribution in [0.4, 0.5) is 0 Å². The summed E-state index contributed by atoms with van der Waals surface area (Å²) in [4.78, 5) is 4.30. The van der Waals surface area contributed by atoms with Crippen LogP contribution in [0, 0.1) is 23.7 Å². The van der Waals surface area contributed by atoms with E-state index in [2.05, 4.69) is 49.5 Å². The summed E-state index contributed by atoms with van der Waals surface area (Å²) in [6.07, 6.45) is 3.15. The monoisotopic (exact) mass is 299 g/mol. The molecular formula is C19H29N3. The molecule has 3 atom stereocenters. The first kappa shape index (κ1) is 16.6. The van der Waals surface area contributed by atoms with Crippen LogP contribution in [0.3, 0.4) is 0 Å². The van der Waals surface area contributed by atoms with Gasteiger partial charge < -0.3 is 10.6 Å². The molecule has 0 saturated heterocycles. The van der Waals surface area contributed by atoms with Crippen LogP contribution in [0.15, 0.2) is 48.9 Å². The van der Waals surface area contributed by atoms with Gasteiger partial charge in [-0.1, -0.05) is 40.0 Å². The average molecular weight is 299 g/mol. The van der Waals surface area contributed by atoms with Crippen LogP contribution in [-0.4, -0.2) is 11.5 Å². The Morgan fingerprint density at radius 2 is 2.05 bits per heavy atom. The molecule has 3 unspecified atom stereocenters. The molecule has 1 heterocycles. The summed E-state index contributed by atoms with van der Waals surface area (Å²) in [6, 6.07) is 5.93. The molecule has 1 aromatic heterocycles. The van der Waals surface area contributed by atoms with Crippen molar-refractivity contribution < 1.29 is 0 Å². The van der Waals surface area contributed by atoms with Crippen molar-refractivity contribution in [1.82, 2.24) is 15.6 Å². The first-order valence-corrected chi connectivity index (χ1v) is 8.23. The second-order valence-corrected chi connectivity index (χ2v) is 6.80. The predicted octanol–water partition coefficient (Wildman–Crippen LogP) is 3.72. The van der Waals surface area contributed by atoms with Gasteiger partial charge in [0.15, 0.2) is 0 Å². The van der Waals surface area contributed by atoms with E-state index in [1.165, 1.54) is 6.42 Å². The van der Waals surface area contributed by atoms with E-state index >= 15 is 0 Å². The normalized spacial score (nSPS) is 21.3. The Kier molecular flexibility index (Phi) is 5.64. The summed E-state index contributed by atoms with van der Waals surface area (Å²) in [6.45, 7) is 16.7. The SMILES string of the molecule is C=C(CNC(=C)C(C(C)C)C1CC1C)NCc1ccccn1. The molecule has 2 N–H and O–H groups in total. The van der Waals surface area contributed by atoms with E-state index in [9.17, 15) is 0 Å². The number of pyridine rings is 1. The molecule has 3 heteroatoms. The maximum absolute atomic E-state index is 4.30. The second kappa shape index (κ2) is 7.48. The molecule has 2 rings (SSSR count). The number of hydrogen-bond acceptors (Lipinski definition) is 3. The zero-order chi connectivity index (χ0) is 16.1. The van der Waals surface area contributed by atoms with Gasteiger partial charge in [-0.05, 0) is 36.3 Å². The summed E-state index contributed by atoms with van der Waals surface area (Å²) >= 11 is 0. The fraction of sp³-hybridized carbons (Fsp3) is 0.526. The lowest BCUT2D eigenvalue weighted by Crippen LogP contribution is -2.29. The third-order valence-electron chi connectivity index (χ3n) is 4.53. The molecular weight excluding hydrogens is 270 g/mol. The summed E-state index contributed by atoms with van der Waals surface area (Å²) in [5, 5.41) is 6.78. The molecule has 0 radical (unpaired) electrons. The minimum atomic E-state index is 0.568. The molecule has 1 aromatic rings. The zero-order valence-corrected chi connectivity index (χ0v) is 14.1. The number of allylic oxidation sites excluding steroid dienone is 1. The van der Waals surface area contributed by atoms with Crippen molar-refractivity contribution in [1.29, 1.82) is 0 Å². The molecule has 1 saturated carbocycles. The summed E-state index contributed by atoms with van der Waals surface area (Å²) < 4.78 is 0. The molecule has 3 nitrogen and oxygen atoms in total. The van der Waals surface area contributed by atoms with Crippen LogP contribution in [0.2, 0.25) is 0 Å². The van der Waals surface area contributed by atoms with E-state index in [0.717, 1.165) is 35.5 Å². The van der Waals surface area contributed by atoms with Crippen molar-refractivity contribution in [2.24, 2.45) is 23.7 Å². The Balaban J connectivity index is 1.74. The number of nitrogens with zero attached hydrogens (tertiary/aromatic N) is 1. The van der Waals surface area contributed by atoms with Gasteiger partial charge in [0.25, 0.3) is 0 Å². The largest absolute Gasteiger partial charge is 0.383 e. The van der Waals surface area contributed by atoms with Gasteiger partial charge in [0.1, 0.15) is 0 Å². The highest BCUT2D eigenvalue weighted by Gasteiger charge is 2.41. The summed E-state index contributed by atoms with van der Waals surface area (Å²) in [5.74, 6) is 2.84. The maximum Gasteiger partial charge on any atom is 0.0594 e. The molecule has 120 valence electrons. The number of rotatable bonds is 9. The Morgan fingerprint density at radius 1 is 1.32 bits per heavy atom.